The molecule has 2 heterocycles. The van der Waals surface area contributed by atoms with Crippen molar-refractivity contribution in [3.63, 3.8) is 0 Å². The smallest absolute Gasteiger partial charge is 0.233 e. The predicted octanol–water partition coefficient (Wildman–Crippen LogP) is 0.561. The van der Waals surface area contributed by atoms with Crippen LogP contribution in [0.5, 0.6) is 0 Å². The number of nitrogens with one attached hydrogen (secondary N) is 2. The minimum absolute atomic E-state index is 0.103. The van der Waals surface area contributed by atoms with E-state index >= 15 is 0 Å². The van der Waals surface area contributed by atoms with Crippen LogP contribution >= 0.6 is 0 Å². The second-order valence-electron chi connectivity index (χ2n) is 5.95. The van der Waals surface area contributed by atoms with E-state index in [-0.39, 0.29) is 5.91 Å². The van der Waals surface area contributed by atoms with Gasteiger partial charge in [0, 0.05) is 31.9 Å². The van der Waals surface area contributed by atoms with Crippen LogP contribution in [0.2, 0.25) is 0 Å². The van der Waals surface area contributed by atoms with Crippen molar-refractivity contribution in [1.82, 2.24) is 20.8 Å². The van der Waals surface area contributed by atoms with E-state index < -0.39 is 0 Å². The molecule has 1 aliphatic heterocycles. The zero-order valence-corrected chi connectivity index (χ0v) is 12.3. The van der Waals surface area contributed by atoms with Crippen molar-refractivity contribution >= 4 is 11.7 Å². The lowest BCUT2D eigenvalue weighted by Gasteiger charge is -2.25. The minimum Gasteiger partial charge on any atom is -0.355 e. The highest BCUT2D eigenvalue weighted by molar-refractivity contribution is 5.78. The molecule has 0 spiro atoms. The Morgan fingerprint density at radius 3 is 3.00 bits per heavy atom. The Labute approximate surface area is 125 Å². The van der Waals surface area contributed by atoms with Crippen LogP contribution in [0.3, 0.4) is 0 Å². The van der Waals surface area contributed by atoms with Gasteiger partial charge in [0.15, 0.2) is 5.82 Å². The van der Waals surface area contributed by atoms with Gasteiger partial charge in [-0.25, -0.2) is 0 Å². The molecule has 1 unspecified atom stereocenters. The number of rotatable bonds is 7. The van der Waals surface area contributed by atoms with Crippen LogP contribution in [-0.4, -0.2) is 48.3 Å². The maximum atomic E-state index is 11.7. The van der Waals surface area contributed by atoms with Crippen LogP contribution in [0.15, 0.2) is 18.3 Å². The Morgan fingerprint density at radius 1 is 1.33 bits per heavy atom. The molecule has 6 heteroatoms. The van der Waals surface area contributed by atoms with Gasteiger partial charge in [0.05, 0.1) is 6.54 Å². The summed E-state index contributed by atoms with van der Waals surface area (Å²) in [6, 6.07) is 4.31. The number of aromatic nitrogens is 2. The average Bonchev–Trinajstić information content (AvgIpc) is 3.23. The van der Waals surface area contributed by atoms with Gasteiger partial charge in [0.1, 0.15) is 0 Å². The summed E-state index contributed by atoms with van der Waals surface area (Å²) >= 11 is 0. The van der Waals surface area contributed by atoms with Gasteiger partial charge >= 0.3 is 0 Å². The van der Waals surface area contributed by atoms with Crippen LogP contribution < -0.4 is 15.5 Å². The van der Waals surface area contributed by atoms with Crippen LogP contribution in [-0.2, 0) is 4.79 Å². The predicted molar refractivity (Wildman–Crippen MR) is 81.0 cm³/mol. The molecule has 0 aromatic carbocycles. The Bertz CT molecular complexity index is 462. The largest absolute Gasteiger partial charge is 0.355 e. The van der Waals surface area contributed by atoms with Gasteiger partial charge in [-0.15, -0.1) is 5.10 Å². The lowest BCUT2D eigenvalue weighted by atomic mass is 10.2. The third-order valence-electron chi connectivity index (χ3n) is 4.18. The first-order valence-electron chi connectivity index (χ1n) is 7.84. The fraction of sp³-hybridized carbons (Fsp3) is 0.667. The Kier molecular flexibility index (Phi) is 4.65. The molecule has 0 bridgehead atoms. The standard InChI is InChI=1S/C15H23N5O/c21-15(17-9-12-5-6-12)11-16-10-13-3-2-8-20(13)14-4-1-7-18-19-14/h1,4,7,12-13,16H,2-3,5-6,8-11H2,(H,17,21). The molecule has 0 radical (unpaired) electrons. The van der Waals surface area contributed by atoms with Crippen LogP contribution in [0.1, 0.15) is 25.7 Å². The van der Waals surface area contributed by atoms with Gasteiger partial charge in [-0.05, 0) is 43.7 Å². The topological polar surface area (TPSA) is 70.2 Å². The zero-order chi connectivity index (χ0) is 14.5. The van der Waals surface area contributed by atoms with E-state index in [0.717, 1.165) is 44.2 Å². The third kappa shape index (κ3) is 4.14. The highest BCUT2D eigenvalue weighted by atomic mass is 16.1. The lowest BCUT2D eigenvalue weighted by Crippen LogP contribution is -2.42. The summed E-state index contributed by atoms with van der Waals surface area (Å²) in [5.74, 6) is 1.77. The van der Waals surface area contributed by atoms with Crippen molar-refractivity contribution in [3.05, 3.63) is 18.3 Å². The third-order valence-corrected chi connectivity index (χ3v) is 4.18. The number of hydrogen-bond acceptors (Lipinski definition) is 5. The van der Waals surface area contributed by atoms with Gasteiger partial charge in [-0.2, -0.15) is 5.10 Å². The number of hydrogen-bond donors (Lipinski definition) is 2. The molecule has 2 N–H and O–H groups in total. The molecule has 1 aromatic heterocycles. The quantitative estimate of drug-likeness (QED) is 0.767. The second kappa shape index (κ2) is 6.85. The monoisotopic (exact) mass is 289 g/mol. The maximum Gasteiger partial charge on any atom is 0.233 e. The van der Waals surface area contributed by atoms with E-state index in [1.807, 2.05) is 12.1 Å². The molecule has 6 nitrogen and oxygen atoms in total. The summed E-state index contributed by atoms with van der Waals surface area (Å²) in [5, 5.41) is 14.4. The number of nitrogens with zero attached hydrogens (tertiary/aromatic N) is 3. The highest BCUT2D eigenvalue weighted by Gasteiger charge is 2.25. The van der Waals surface area contributed by atoms with Crippen LogP contribution in [0, 0.1) is 5.92 Å². The van der Waals surface area contributed by atoms with Crippen molar-refractivity contribution in [2.24, 2.45) is 5.92 Å². The van der Waals surface area contributed by atoms with Gasteiger partial charge in [0.2, 0.25) is 5.91 Å². The molecule has 1 aliphatic carbocycles. The van der Waals surface area contributed by atoms with Crippen molar-refractivity contribution in [3.8, 4) is 0 Å². The van der Waals surface area contributed by atoms with Crippen molar-refractivity contribution in [2.75, 3.05) is 31.1 Å². The molecule has 1 saturated carbocycles. The molecule has 1 amide bonds. The van der Waals surface area contributed by atoms with Gasteiger partial charge in [-0.1, -0.05) is 0 Å². The van der Waals surface area contributed by atoms with Crippen LogP contribution in [0.25, 0.3) is 0 Å². The number of carbonyl (C=O) groups is 1. The summed E-state index contributed by atoms with van der Waals surface area (Å²) in [6.07, 6.45) is 6.52. The molecule has 2 aliphatic rings. The Hall–Kier alpha value is -1.69. The number of carbonyl (C=O) groups excluding carboxylic acids is 1. The average molecular weight is 289 g/mol. The molecular formula is C15H23N5O. The van der Waals surface area contributed by atoms with Crippen molar-refractivity contribution in [2.45, 2.75) is 31.7 Å². The highest BCUT2D eigenvalue weighted by Crippen LogP contribution is 2.27. The number of anilines is 1. The number of amides is 1. The van der Waals surface area contributed by atoms with Crippen molar-refractivity contribution in [1.29, 1.82) is 0 Å². The molecule has 1 saturated heterocycles. The Morgan fingerprint density at radius 2 is 2.24 bits per heavy atom. The van der Waals surface area contributed by atoms with E-state index in [9.17, 15) is 4.79 Å². The van der Waals surface area contributed by atoms with Gasteiger partial charge in [0.25, 0.3) is 0 Å². The maximum absolute atomic E-state index is 11.7. The fourth-order valence-corrected chi connectivity index (χ4v) is 2.79. The summed E-state index contributed by atoms with van der Waals surface area (Å²) in [7, 11) is 0. The van der Waals surface area contributed by atoms with E-state index in [1.165, 1.54) is 12.8 Å². The zero-order valence-electron chi connectivity index (χ0n) is 12.3. The lowest BCUT2D eigenvalue weighted by molar-refractivity contribution is -0.120. The normalized spacial score (nSPS) is 21.5. The molecular weight excluding hydrogens is 266 g/mol. The SMILES string of the molecule is O=C(CNCC1CCCN1c1cccnn1)NCC1CC1. The van der Waals surface area contributed by atoms with E-state index in [4.69, 9.17) is 0 Å². The fourth-order valence-electron chi connectivity index (χ4n) is 2.79. The van der Waals surface area contributed by atoms with Crippen LogP contribution in [0.4, 0.5) is 5.82 Å². The summed E-state index contributed by atoms with van der Waals surface area (Å²) in [6.45, 7) is 3.07. The molecule has 3 rings (SSSR count). The summed E-state index contributed by atoms with van der Waals surface area (Å²) in [5.41, 5.74) is 0. The molecule has 1 aromatic rings. The molecule has 1 atom stereocenters. The van der Waals surface area contributed by atoms with E-state index in [2.05, 4.69) is 25.7 Å². The van der Waals surface area contributed by atoms with Gasteiger partial charge < -0.3 is 15.5 Å². The Balaban J connectivity index is 1.40. The summed E-state index contributed by atoms with van der Waals surface area (Å²) in [4.78, 5) is 14.0. The summed E-state index contributed by atoms with van der Waals surface area (Å²) < 4.78 is 0. The first-order chi connectivity index (χ1) is 10.3. The molecule has 114 valence electrons. The second-order valence-corrected chi connectivity index (χ2v) is 5.95. The van der Waals surface area contributed by atoms with E-state index in [1.54, 1.807) is 6.20 Å². The van der Waals surface area contributed by atoms with E-state index in [0.29, 0.717) is 12.6 Å². The van der Waals surface area contributed by atoms with Gasteiger partial charge in [-0.3, -0.25) is 4.79 Å². The molecule has 2 fully saturated rings. The first kappa shape index (κ1) is 14.3. The molecule has 21 heavy (non-hydrogen) atoms. The first-order valence-corrected chi connectivity index (χ1v) is 7.84. The van der Waals surface area contributed by atoms with Crippen molar-refractivity contribution < 1.29 is 4.79 Å². The minimum atomic E-state index is 0.103.